The Bertz CT molecular complexity index is 810. The van der Waals surface area contributed by atoms with Crippen molar-refractivity contribution in [3.63, 3.8) is 0 Å². The summed E-state index contributed by atoms with van der Waals surface area (Å²) < 4.78 is 5.58. The second-order valence-electron chi connectivity index (χ2n) is 5.72. The number of hydrogen-bond donors (Lipinski definition) is 2. The summed E-state index contributed by atoms with van der Waals surface area (Å²) in [5, 5.41) is 14.3. The first-order valence-electron chi connectivity index (χ1n) is 8.39. The van der Waals surface area contributed by atoms with Crippen LogP contribution >= 0.6 is 0 Å². The third kappa shape index (κ3) is 5.35. The first-order chi connectivity index (χ1) is 12.5. The number of benzene rings is 2. The normalized spacial score (nSPS) is 11.1. The van der Waals surface area contributed by atoms with E-state index in [1.807, 2.05) is 13.0 Å². The van der Waals surface area contributed by atoms with Gasteiger partial charge in [0.15, 0.2) is 6.10 Å². The van der Waals surface area contributed by atoms with Crippen molar-refractivity contribution in [1.82, 2.24) is 5.32 Å². The van der Waals surface area contributed by atoms with E-state index in [4.69, 9.17) is 10.00 Å². The molecule has 0 heterocycles. The quantitative estimate of drug-likeness (QED) is 0.802. The lowest BCUT2D eigenvalue weighted by Crippen LogP contribution is -2.30. The molecule has 0 saturated carbocycles. The molecule has 6 nitrogen and oxygen atoms in total. The van der Waals surface area contributed by atoms with Crippen LogP contribution in [-0.4, -0.2) is 24.5 Å². The molecule has 2 rings (SSSR count). The molecular formula is C20H21N3O3. The van der Waals surface area contributed by atoms with Gasteiger partial charge < -0.3 is 15.4 Å². The Morgan fingerprint density at radius 2 is 1.92 bits per heavy atom. The van der Waals surface area contributed by atoms with Gasteiger partial charge in [-0.2, -0.15) is 5.26 Å². The van der Waals surface area contributed by atoms with Crippen molar-refractivity contribution in [3.05, 3.63) is 59.7 Å². The van der Waals surface area contributed by atoms with Gasteiger partial charge in [0.25, 0.3) is 11.8 Å². The van der Waals surface area contributed by atoms with E-state index in [-0.39, 0.29) is 11.8 Å². The van der Waals surface area contributed by atoms with Crippen LogP contribution in [0.15, 0.2) is 48.5 Å². The zero-order valence-electron chi connectivity index (χ0n) is 14.8. The third-order valence-electron chi connectivity index (χ3n) is 3.59. The number of nitrogens with one attached hydrogen (secondary N) is 2. The number of amides is 2. The van der Waals surface area contributed by atoms with Gasteiger partial charge in [-0.15, -0.1) is 0 Å². The summed E-state index contributed by atoms with van der Waals surface area (Å²) in [6.45, 7) is 4.21. The van der Waals surface area contributed by atoms with Gasteiger partial charge >= 0.3 is 0 Å². The molecule has 0 aromatic heterocycles. The SMILES string of the molecule is CCCNC(=O)c1cccc(NC(=O)C(C)Oc2ccc(C#N)cc2)c1. The van der Waals surface area contributed by atoms with E-state index in [1.165, 1.54) is 0 Å². The Balaban J connectivity index is 1.97. The van der Waals surface area contributed by atoms with E-state index in [0.29, 0.717) is 29.1 Å². The molecule has 0 saturated heterocycles. The van der Waals surface area contributed by atoms with Crippen molar-refractivity contribution in [2.45, 2.75) is 26.4 Å². The number of ether oxygens (including phenoxy) is 1. The summed E-state index contributed by atoms with van der Waals surface area (Å²) in [6, 6.07) is 15.3. The van der Waals surface area contributed by atoms with E-state index in [9.17, 15) is 9.59 Å². The lowest BCUT2D eigenvalue weighted by atomic mass is 10.2. The average Bonchev–Trinajstić information content (AvgIpc) is 2.66. The lowest BCUT2D eigenvalue weighted by molar-refractivity contribution is -0.122. The molecule has 26 heavy (non-hydrogen) atoms. The van der Waals surface area contributed by atoms with Gasteiger partial charge in [0.2, 0.25) is 0 Å². The largest absolute Gasteiger partial charge is 0.481 e. The molecule has 2 aromatic carbocycles. The molecule has 0 aliphatic rings. The maximum atomic E-state index is 12.3. The van der Waals surface area contributed by atoms with Gasteiger partial charge in [0.05, 0.1) is 11.6 Å². The predicted octanol–water partition coefficient (Wildman–Crippen LogP) is 3.10. The van der Waals surface area contributed by atoms with Crippen LogP contribution in [0.4, 0.5) is 5.69 Å². The van der Waals surface area contributed by atoms with Gasteiger partial charge in [-0.25, -0.2) is 0 Å². The second kappa shape index (κ2) is 9.23. The summed E-state index contributed by atoms with van der Waals surface area (Å²) in [4.78, 5) is 24.3. The Morgan fingerprint density at radius 1 is 1.19 bits per heavy atom. The maximum Gasteiger partial charge on any atom is 0.265 e. The molecule has 0 spiro atoms. The summed E-state index contributed by atoms with van der Waals surface area (Å²) in [5.74, 6) is -0.00958. The highest BCUT2D eigenvalue weighted by molar-refractivity contribution is 5.98. The molecule has 0 fully saturated rings. The summed E-state index contributed by atoms with van der Waals surface area (Å²) in [6.07, 6.45) is 0.118. The highest BCUT2D eigenvalue weighted by Crippen LogP contribution is 2.15. The molecule has 1 atom stereocenters. The number of carbonyl (C=O) groups excluding carboxylic acids is 2. The first-order valence-corrected chi connectivity index (χ1v) is 8.39. The smallest absolute Gasteiger partial charge is 0.265 e. The maximum absolute atomic E-state index is 12.3. The molecule has 134 valence electrons. The highest BCUT2D eigenvalue weighted by atomic mass is 16.5. The molecule has 0 radical (unpaired) electrons. The van der Waals surface area contributed by atoms with Crippen LogP contribution in [0.2, 0.25) is 0 Å². The standard InChI is InChI=1S/C20H21N3O3/c1-3-11-22-20(25)16-5-4-6-17(12-16)23-19(24)14(2)26-18-9-7-15(13-21)8-10-18/h4-10,12,14H,3,11H2,1-2H3,(H,22,25)(H,23,24). The van der Waals surface area contributed by atoms with E-state index >= 15 is 0 Å². The van der Waals surface area contributed by atoms with Gasteiger partial charge in [0.1, 0.15) is 5.75 Å². The van der Waals surface area contributed by atoms with E-state index in [0.717, 1.165) is 6.42 Å². The number of nitrogens with zero attached hydrogens (tertiary/aromatic N) is 1. The topological polar surface area (TPSA) is 91.2 Å². The molecule has 6 heteroatoms. The molecule has 2 aromatic rings. The molecule has 0 bridgehead atoms. The minimum Gasteiger partial charge on any atom is -0.481 e. The van der Waals surface area contributed by atoms with Gasteiger partial charge in [-0.1, -0.05) is 13.0 Å². The predicted molar refractivity (Wildman–Crippen MR) is 98.9 cm³/mol. The second-order valence-corrected chi connectivity index (χ2v) is 5.72. The lowest BCUT2D eigenvalue weighted by Gasteiger charge is -2.15. The molecule has 0 aliphatic heterocycles. The third-order valence-corrected chi connectivity index (χ3v) is 3.59. The minimum absolute atomic E-state index is 0.176. The fraction of sp³-hybridized carbons (Fsp3) is 0.250. The van der Waals surface area contributed by atoms with Crippen LogP contribution in [0, 0.1) is 11.3 Å². The Labute approximate surface area is 152 Å². The van der Waals surface area contributed by atoms with E-state index in [1.54, 1.807) is 55.5 Å². The van der Waals surface area contributed by atoms with Crippen molar-refractivity contribution >= 4 is 17.5 Å². The highest BCUT2D eigenvalue weighted by Gasteiger charge is 2.15. The summed E-state index contributed by atoms with van der Waals surface area (Å²) in [7, 11) is 0. The zero-order chi connectivity index (χ0) is 18.9. The summed E-state index contributed by atoms with van der Waals surface area (Å²) >= 11 is 0. The van der Waals surface area contributed by atoms with Crippen LogP contribution in [0.1, 0.15) is 36.2 Å². The van der Waals surface area contributed by atoms with Crippen molar-refractivity contribution in [2.75, 3.05) is 11.9 Å². The van der Waals surface area contributed by atoms with E-state index < -0.39 is 6.10 Å². The van der Waals surface area contributed by atoms with Crippen molar-refractivity contribution in [2.24, 2.45) is 0 Å². The zero-order valence-corrected chi connectivity index (χ0v) is 14.8. The van der Waals surface area contributed by atoms with Gasteiger partial charge in [-0.3, -0.25) is 9.59 Å². The monoisotopic (exact) mass is 351 g/mol. The van der Waals surface area contributed by atoms with Crippen molar-refractivity contribution < 1.29 is 14.3 Å². The fourth-order valence-corrected chi connectivity index (χ4v) is 2.19. The molecule has 0 aliphatic carbocycles. The number of hydrogen-bond acceptors (Lipinski definition) is 4. The molecule has 1 unspecified atom stereocenters. The Kier molecular flexibility index (Phi) is 6.75. The first kappa shape index (κ1) is 19.0. The number of nitriles is 1. The Morgan fingerprint density at radius 3 is 2.58 bits per heavy atom. The van der Waals surface area contributed by atoms with Crippen molar-refractivity contribution in [3.8, 4) is 11.8 Å². The molecule has 2 amide bonds. The van der Waals surface area contributed by atoms with Crippen LogP contribution in [-0.2, 0) is 4.79 Å². The molecule has 2 N–H and O–H groups in total. The fourth-order valence-electron chi connectivity index (χ4n) is 2.19. The number of anilines is 1. The molecular weight excluding hydrogens is 330 g/mol. The van der Waals surface area contributed by atoms with Gasteiger partial charge in [0, 0.05) is 17.8 Å². The van der Waals surface area contributed by atoms with Crippen LogP contribution < -0.4 is 15.4 Å². The number of rotatable bonds is 7. The van der Waals surface area contributed by atoms with E-state index in [2.05, 4.69) is 10.6 Å². The van der Waals surface area contributed by atoms with Crippen LogP contribution in [0.25, 0.3) is 0 Å². The summed E-state index contributed by atoms with van der Waals surface area (Å²) in [5.41, 5.74) is 1.53. The average molecular weight is 351 g/mol. The van der Waals surface area contributed by atoms with Crippen LogP contribution in [0.3, 0.4) is 0 Å². The Hall–Kier alpha value is -3.33. The minimum atomic E-state index is -0.736. The number of carbonyl (C=O) groups is 2. The van der Waals surface area contributed by atoms with Crippen LogP contribution in [0.5, 0.6) is 5.75 Å². The van der Waals surface area contributed by atoms with Gasteiger partial charge in [-0.05, 0) is 55.8 Å². The van der Waals surface area contributed by atoms with Crippen molar-refractivity contribution in [1.29, 1.82) is 5.26 Å².